The van der Waals surface area contributed by atoms with E-state index in [2.05, 4.69) is 0 Å². The van der Waals surface area contributed by atoms with Crippen molar-refractivity contribution in [1.82, 2.24) is 0 Å². The van der Waals surface area contributed by atoms with Crippen molar-refractivity contribution in [2.75, 3.05) is 27.4 Å². The quantitative estimate of drug-likeness (QED) is 0.383. The lowest BCUT2D eigenvalue weighted by Crippen LogP contribution is -2.40. The van der Waals surface area contributed by atoms with Crippen molar-refractivity contribution in [3.63, 3.8) is 0 Å². The molecule has 1 atom stereocenters. The zero-order valence-electron chi connectivity index (χ0n) is 18.5. The van der Waals surface area contributed by atoms with Crippen LogP contribution in [0.3, 0.4) is 0 Å². The second-order valence-corrected chi connectivity index (χ2v) is 7.23. The first-order chi connectivity index (χ1) is 15.5. The third-order valence-electron chi connectivity index (χ3n) is 5.19. The molecule has 0 aromatic heterocycles. The monoisotopic (exact) mass is 436 g/mol. The Morgan fingerprint density at radius 1 is 0.812 bits per heavy atom. The van der Waals surface area contributed by atoms with Gasteiger partial charge < -0.3 is 24.1 Å². The van der Waals surface area contributed by atoms with Crippen molar-refractivity contribution in [1.29, 1.82) is 0 Å². The second-order valence-electron chi connectivity index (χ2n) is 7.23. The Hall–Kier alpha value is -3.35. The molecule has 32 heavy (non-hydrogen) atoms. The fraction of sp³-hybridized carbons (Fsp3) is 0.269. The van der Waals surface area contributed by atoms with Crippen LogP contribution in [0.25, 0.3) is 0 Å². The molecule has 0 radical (unpaired) electrons. The lowest BCUT2D eigenvalue weighted by Gasteiger charge is -2.38. The lowest BCUT2D eigenvalue weighted by atomic mass is 9.79. The van der Waals surface area contributed by atoms with Gasteiger partial charge in [-0.05, 0) is 41.0 Å². The van der Waals surface area contributed by atoms with Gasteiger partial charge in [0.1, 0.15) is 29.8 Å². The summed E-state index contributed by atoms with van der Waals surface area (Å²) >= 11 is 0. The van der Waals surface area contributed by atoms with E-state index in [4.69, 9.17) is 18.9 Å². The maximum Gasteiger partial charge on any atom is 0.302 e. The molecule has 0 aliphatic rings. The van der Waals surface area contributed by atoms with Crippen LogP contribution >= 0.6 is 0 Å². The van der Waals surface area contributed by atoms with Gasteiger partial charge in [0.15, 0.2) is 0 Å². The smallest absolute Gasteiger partial charge is 0.302 e. The summed E-state index contributed by atoms with van der Waals surface area (Å²) in [7, 11) is 3.22. The highest BCUT2D eigenvalue weighted by atomic mass is 16.6. The van der Waals surface area contributed by atoms with Crippen molar-refractivity contribution in [3.05, 3.63) is 95.6 Å². The minimum absolute atomic E-state index is 0.0767. The average molecular weight is 437 g/mol. The van der Waals surface area contributed by atoms with E-state index in [1.807, 2.05) is 78.9 Å². The second kappa shape index (κ2) is 10.8. The van der Waals surface area contributed by atoms with Crippen molar-refractivity contribution in [2.24, 2.45) is 0 Å². The number of esters is 1. The molecule has 0 spiro atoms. The van der Waals surface area contributed by atoms with Crippen molar-refractivity contribution >= 4 is 5.97 Å². The topological polar surface area (TPSA) is 74.2 Å². The number of rotatable bonds is 10. The third kappa shape index (κ3) is 5.10. The van der Waals surface area contributed by atoms with E-state index in [0.717, 1.165) is 16.7 Å². The number of carbonyl (C=O) groups is 1. The first-order valence-corrected chi connectivity index (χ1v) is 10.3. The maximum atomic E-state index is 11.4. The Bertz CT molecular complexity index is 936. The highest BCUT2D eigenvalue weighted by Crippen LogP contribution is 2.42. The Labute approximate surface area is 188 Å². The summed E-state index contributed by atoms with van der Waals surface area (Å²) in [6, 6.07) is 24.9. The van der Waals surface area contributed by atoms with Crippen LogP contribution < -0.4 is 9.47 Å². The van der Waals surface area contributed by atoms with Crippen LogP contribution in [0.15, 0.2) is 78.9 Å². The first-order valence-electron chi connectivity index (χ1n) is 10.3. The number of benzene rings is 3. The fourth-order valence-corrected chi connectivity index (χ4v) is 3.61. The van der Waals surface area contributed by atoms with E-state index in [-0.39, 0.29) is 13.2 Å². The van der Waals surface area contributed by atoms with Crippen LogP contribution in [-0.2, 0) is 19.9 Å². The molecule has 3 rings (SSSR count). The number of ether oxygens (including phenoxy) is 4. The van der Waals surface area contributed by atoms with E-state index < -0.39 is 17.7 Å². The summed E-state index contributed by atoms with van der Waals surface area (Å²) in [5.74, 6) is 0.986. The SMILES string of the molecule is COc1ccc(C(OC(CO)COC(C)=O)(c2ccccc2)c2ccc(OC)cc2)cc1. The number of aliphatic hydroxyl groups is 1. The Morgan fingerprint density at radius 2 is 1.28 bits per heavy atom. The standard InChI is InChI=1S/C26H28O6/c1-19(28)31-18-25(17-27)32-26(20-7-5-4-6-8-20,21-9-13-23(29-2)14-10-21)22-11-15-24(30-3)16-12-22/h4-16,25,27H,17-18H2,1-3H3. The Balaban J connectivity index is 2.21. The first kappa shape index (κ1) is 23.3. The van der Waals surface area contributed by atoms with E-state index >= 15 is 0 Å². The lowest BCUT2D eigenvalue weighted by molar-refractivity contribution is -0.151. The molecule has 0 fully saturated rings. The van der Waals surface area contributed by atoms with Gasteiger partial charge in [0, 0.05) is 6.92 Å². The van der Waals surface area contributed by atoms with Gasteiger partial charge in [-0.1, -0.05) is 54.6 Å². The molecule has 3 aromatic carbocycles. The van der Waals surface area contributed by atoms with Gasteiger partial charge in [-0.3, -0.25) is 4.79 Å². The van der Waals surface area contributed by atoms with Crippen LogP contribution in [0.4, 0.5) is 0 Å². The number of hydrogen-bond acceptors (Lipinski definition) is 6. The molecule has 1 unspecified atom stereocenters. The van der Waals surface area contributed by atoms with Gasteiger partial charge in [-0.15, -0.1) is 0 Å². The zero-order valence-corrected chi connectivity index (χ0v) is 18.5. The van der Waals surface area contributed by atoms with E-state index in [9.17, 15) is 9.90 Å². The van der Waals surface area contributed by atoms with Crippen LogP contribution in [0.2, 0.25) is 0 Å². The molecule has 0 bridgehead atoms. The third-order valence-corrected chi connectivity index (χ3v) is 5.19. The summed E-state index contributed by atoms with van der Waals surface area (Å²) in [4.78, 5) is 11.4. The van der Waals surface area contributed by atoms with E-state index in [1.54, 1.807) is 14.2 Å². The molecule has 0 aliphatic heterocycles. The van der Waals surface area contributed by atoms with Gasteiger partial charge in [0.25, 0.3) is 0 Å². The van der Waals surface area contributed by atoms with Crippen molar-refractivity contribution in [3.8, 4) is 11.5 Å². The molecule has 3 aromatic rings. The van der Waals surface area contributed by atoms with Crippen LogP contribution in [0.5, 0.6) is 11.5 Å². The molecule has 1 N–H and O–H groups in total. The van der Waals surface area contributed by atoms with Crippen LogP contribution in [0, 0.1) is 0 Å². The van der Waals surface area contributed by atoms with Gasteiger partial charge in [0.05, 0.1) is 20.8 Å². The minimum Gasteiger partial charge on any atom is -0.497 e. The zero-order chi connectivity index (χ0) is 23.0. The van der Waals surface area contributed by atoms with Crippen molar-refractivity contribution < 1.29 is 28.8 Å². The van der Waals surface area contributed by atoms with Crippen molar-refractivity contribution in [2.45, 2.75) is 18.6 Å². The number of carbonyl (C=O) groups excluding carboxylic acids is 1. The van der Waals surface area contributed by atoms with E-state index in [1.165, 1.54) is 6.92 Å². The number of aliphatic hydroxyl groups excluding tert-OH is 1. The molecule has 0 amide bonds. The molecular formula is C26H28O6. The minimum atomic E-state index is -1.09. The van der Waals surface area contributed by atoms with Gasteiger partial charge in [0.2, 0.25) is 0 Å². The molecule has 0 aliphatic carbocycles. The highest BCUT2D eigenvalue weighted by molar-refractivity contribution is 5.65. The van der Waals surface area contributed by atoms with Gasteiger partial charge in [-0.2, -0.15) is 0 Å². The maximum absolute atomic E-state index is 11.4. The Kier molecular flexibility index (Phi) is 7.87. The highest BCUT2D eigenvalue weighted by Gasteiger charge is 2.40. The van der Waals surface area contributed by atoms with Crippen LogP contribution in [0.1, 0.15) is 23.6 Å². The largest absolute Gasteiger partial charge is 0.497 e. The molecule has 6 heteroatoms. The summed E-state index contributed by atoms with van der Waals surface area (Å²) in [5.41, 5.74) is 1.43. The summed E-state index contributed by atoms with van der Waals surface area (Å²) < 4.78 is 22.5. The summed E-state index contributed by atoms with van der Waals surface area (Å²) in [6.07, 6.45) is -0.761. The molecule has 0 saturated heterocycles. The van der Waals surface area contributed by atoms with E-state index in [0.29, 0.717) is 11.5 Å². The van der Waals surface area contributed by atoms with Gasteiger partial charge >= 0.3 is 5.97 Å². The van der Waals surface area contributed by atoms with Gasteiger partial charge in [-0.25, -0.2) is 0 Å². The number of methoxy groups -OCH3 is 2. The molecule has 6 nitrogen and oxygen atoms in total. The summed E-state index contributed by atoms with van der Waals surface area (Å²) in [6.45, 7) is 0.923. The predicted molar refractivity (Wildman–Crippen MR) is 121 cm³/mol. The molecule has 168 valence electrons. The average Bonchev–Trinajstić information content (AvgIpc) is 2.85. The Morgan fingerprint density at radius 3 is 1.69 bits per heavy atom. The number of hydrogen-bond donors (Lipinski definition) is 1. The molecule has 0 saturated carbocycles. The predicted octanol–water partition coefficient (Wildman–Crippen LogP) is 3.94. The summed E-state index contributed by atoms with van der Waals surface area (Å²) in [5, 5.41) is 10.1. The fourth-order valence-electron chi connectivity index (χ4n) is 3.61. The normalized spacial score (nSPS) is 12.1. The molecular weight excluding hydrogens is 408 g/mol. The van der Waals surface area contributed by atoms with Crippen LogP contribution in [-0.4, -0.2) is 44.6 Å². The molecule has 0 heterocycles.